The fourth-order valence-corrected chi connectivity index (χ4v) is 7.73. The van der Waals surface area contributed by atoms with Crippen molar-refractivity contribution in [3.63, 3.8) is 0 Å². The number of carbonyl (C=O) groups excluding carboxylic acids is 1. The van der Waals surface area contributed by atoms with Gasteiger partial charge in [0.1, 0.15) is 0 Å². The molecule has 2 aromatic heterocycles. The Labute approximate surface area is 258 Å². The number of hydrogen-bond acceptors (Lipinski definition) is 3. The summed E-state index contributed by atoms with van der Waals surface area (Å²) < 4.78 is 91.9. The zero-order valence-electron chi connectivity index (χ0n) is 23.7. The maximum absolute atomic E-state index is 15.6. The topological polar surface area (TPSA) is 17.1 Å². The van der Waals surface area contributed by atoms with Crippen LogP contribution in [0.3, 0.4) is 0 Å². The summed E-state index contributed by atoms with van der Waals surface area (Å²) in [5.74, 6) is -16.1. The van der Waals surface area contributed by atoms with Crippen LogP contribution in [-0.4, -0.2) is 23.6 Å². The fourth-order valence-electron chi connectivity index (χ4n) is 5.73. The van der Waals surface area contributed by atoms with Crippen LogP contribution in [0.1, 0.15) is 47.3 Å². The molecule has 4 aromatic rings. The van der Waals surface area contributed by atoms with Gasteiger partial charge in [0.25, 0.3) is 0 Å². The summed E-state index contributed by atoms with van der Waals surface area (Å²) in [7, 11) is 0. The van der Waals surface area contributed by atoms with Crippen LogP contribution < -0.4 is 0 Å². The molecule has 6 rings (SSSR count). The van der Waals surface area contributed by atoms with Crippen LogP contribution in [0.25, 0.3) is 28.4 Å². The lowest BCUT2D eigenvalue weighted by Crippen LogP contribution is -2.48. The van der Waals surface area contributed by atoms with Crippen molar-refractivity contribution in [3.8, 4) is 0 Å². The number of rotatable bonds is 5. The van der Waals surface area contributed by atoms with Crippen molar-refractivity contribution in [1.82, 2.24) is 0 Å². The van der Waals surface area contributed by atoms with Gasteiger partial charge in [-0.05, 0) is 78.4 Å². The third-order valence-corrected chi connectivity index (χ3v) is 9.91. The summed E-state index contributed by atoms with van der Waals surface area (Å²) >= 11 is 2.11. The molecule has 0 fully saturated rings. The molecule has 0 atom stereocenters. The van der Waals surface area contributed by atoms with E-state index in [-0.39, 0.29) is 26.7 Å². The van der Waals surface area contributed by atoms with Crippen LogP contribution in [0.15, 0.2) is 85.0 Å². The van der Waals surface area contributed by atoms with E-state index in [0.717, 1.165) is 33.8 Å². The molecule has 0 radical (unpaired) electrons. The lowest BCUT2D eigenvalue weighted by atomic mass is 9.90. The van der Waals surface area contributed by atoms with E-state index < -0.39 is 28.9 Å². The molecule has 44 heavy (non-hydrogen) atoms. The van der Waals surface area contributed by atoms with Crippen molar-refractivity contribution in [2.75, 3.05) is 0 Å². The second kappa shape index (κ2) is 10.6. The summed E-state index contributed by atoms with van der Waals surface area (Å²) in [6.07, 6.45) is 6.49. The van der Waals surface area contributed by atoms with E-state index in [2.05, 4.69) is 0 Å². The van der Waals surface area contributed by atoms with Gasteiger partial charge in [0, 0.05) is 36.2 Å². The normalized spacial score (nSPS) is 19.6. The van der Waals surface area contributed by atoms with E-state index in [1.165, 1.54) is 32.1 Å². The minimum Gasteiger partial charge on any atom is -0.289 e. The van der Waals surface area contributed by atoms with E-state index in [9.17, 15) is 13.6 Å². The predicted octanol–water partition coefficient (Wildman–Crippen LogP) is 10.7. The molecule has 2 aromatic carbocycles. The van der Waals surface area contributed by atoms with Gasteiger partial charge in [-0.2, -0.15) is 26.3 Å². The highest BCUT2D eigenvalue weighted by atomic mass is 32.1. The quantitative estimate of drug-likeness (QED) is 0.157. The molecule has 0 amide bonds. The maximum atomic E-state index is 15.6. The summed E-state index contributed by atoms with van der Waals surface area (Å²) in [4.78, 5) is 14.2. The largest absolute Gasteiger partial charge is 0.380 e. The number of halogens is 6. The summed E-state index contributed by atoms with van der Waals surface area (Å²) in [5.41, 5.74) is -0.197. The molecule has 0 spiro atoms. The van der Waals surface area contributed by atoms with Crippen LogP contribution >= 0.6 is 22.7 Å². The number of alkyl halides is 6. The maximum Gasteiger partial charge on any atom is 0.380 e. The van der Waals surface area contributed by atoms with Gasteiger partial charge >= 0.3 is 17.8 Å². The smallest absolute Gasteiger partial charge is 0.289 e. The molecule has 1 nitrogen and oxygen atoms in total. The number of thiophene rings is 2. The molecule has 0 saturated carbocycles. The molecule has 0 saturated heterocycles. The first-order chi connectivity index (χ1) is 20.8. The monoisotopic (exact) mass is 638 g/mol. The molecule has 0 aliphatic heterocycles. The van der Waals surface area contributed by atoms with Gasteiger partial charge in [-0.15, -0.1) is 22.7 Å². The Morgan fingerprint density at radius 1 is 0.705 bits per heavy atom. The van der Waals surface area contributed by atoms with Gasteiger partial charge < -0.3 is 0 Å². The third-order valence-electron chi connectivity index (χ3n) is 7.86. The van der Waals surface area contributed by atoms with Crippen molar-refractivity contribution in [2.45, 2.75) is 38.5 Å². The van der Waals surface area contributed by atoms with E-state index in [0.29, 0.717) is 26.5 Å². The van der Waals surface area contributed by atoms with Crippen molar-refractivity contribution in [2.24, 2.45) is 0 Å². The van der Waals surface area contributed by atoms with Gasteiger partial charge in [0.2, 0.25) is 0 Å². The lowest BCUT2D eigenvalue weighted by molar-refractivity contribution is -0.254. The van der Waals surface area contributed by atoms with Crippen LogP contribution in [0, 0.1) is 20.8 Å². The highest BCUT2D eigenvalue weighted by Crippen LogP contribution is 2.66. The number of ketones is 1. The third kappa shape index (κ3) is 4.56. The van der Waals surface area contributed by atoms with Crippen molar-refractivity contribution < 1.29 is 31.1 Å². The van der Waals surface area contributed by atoms with E-state index in [1.54, 1.807) is 55.5 Å². The van der Waals surface area contributed by atoms with Crippen LogP contribution in [0.5, 0.6) is 0 Å². The van der Waals surface area contributed by atoms with Crippen molar-refractivity contribution in [1.29, 1.82) is 0 Å². The zero-order valence-corrected chi connectivity index (χ0v) is 25.3. The summed E-state index contributed by atoms with van der Waals surface area (Å²) in [6.45, 7) is 4.52. The molecule has 9 heteroatoms. The molecule has 2 aliphatic rings. The Bertz CT molecular complexity index is 1940. The highest BCUT2D eigenvalue weighted by Gasteiger charge is 2.80. The number of allylic oxidation sites excluding steroid dienone is 6. The molecule has 2 heterocycles. The van der Waals surface area contributed by atoms with Gasteiger partial charge in [0.05, 0.1) is 0 Å². The number of aryl methyl sites for hydroxylation is 3. The minimum atomic E-state index is -5.63. The Morgan fingerprint density at radius 2 is 1.30 bits per heavy atom. The summed E-state index contributed by atoms with van der Waals surface area (Å²) in [6, 6.07) is 18.8. The number of carbonyl (C=O) groups is 1. The molecule has 2 aliphatic carbocycles. The van der Waals surface area contributed by atoms with Gasteiger partial charge in [0.15, 0.2) is 5.78 Å². The Balaban J connectivity index is 1.58. The Morgan fingerprint density at radius 3 is 1.93 bits per heavy atom. The molecule has 0 unspecified atom stereocenters. The number of fused-ring (bicyclic) bond motifs is 1. The van der Waals surface area contributed by atoms with E-state index in [4.69, 9.17) is 0 Å². The minimum absolute atomic E-state index is 0.182. The lowest BCUT2D eigenvalue weighted by Gasteiger charge is -2.25. The van der Waals surface area contributed by atoms with Gasteiger partial charge in [-0.25, -0.2) is 0 Å². The first-order valence-electron chi connectivity index (χ1n) is 13.6. The number of hydrogen-bond donors (Lipinski definition) is 0. The first-order valence-corrected chi connectivity index (χ1v) is 15.3. The fraction of sp³-hybridized carbons (Fsp3) is 0.171. The molecule has 224 valence electrons. The average molecular weight is 639 g/mol. The number of benzene rings is 2. The Kier molecular flexibility index (Phi) is 7.25. The first kappa shape index (κ1) is 30.1. The van der Waals surface area contributed by atoms with Crippen LogP contribution in [0.2, 0.25) is 0 Å². The van der Waals surface area contributed by atoms with E-state index in [1.807, 2.05) is 24.3 Å². The van der Waals surface area contributed by atoms with Crippen molar-refractivity contribution >= 4 is 56.8 Å². The zero-order chi connectivity index (χ0) is 31.6. The molecular weight excluding hydrogens is 615 g/mol. The second-order valence-electron chi connectivity index (χ2n) is 10.7. The Hall–Kier alpha value is -3.95. The summed E-state index contributed by atoms with van der Waals surface area (Å²) in [5, 5.41) is 0. The van der Waals surface area contributed by atoms with Gasteiger partial charge in [-0.1, -0.05) is 66.7 Å². The highest BCUT2D eigenvalue weighted by molar-refractivity contribution is 7.13. The van der Waals surface area contributed by atoms with Gasteiger partial charge in [-0.3, -0.25) is 4.79 Å². The molecule has 0 bridgehead atoms. The second-order valence-corrected chi connectivity index (χ2v) is 13.4. The molecule has 0 N–H and O–H groups in total. The predicted molar refractivity (Wildman–Crippen MR) is 166 cm³/mol. The average Bonchev–Trinajstić information content (AvgIpc) is 3.55. The molecular formula is C35H24F6OS2. The van der Waals surface area contributed by atoms with Crippen LogP contribution in [0.4, 0.5) is 26.3 Å². The van der Waals surface area contributed by atoms with Crippen molar-refractivity contribution in [3.05, 3.63) is 132 Å². The van der Waals surface area contributed by atoms with E-state index >= 15 is 17.6 Å². The standard InChI is InChI=1S/C35H24F6OS2/c1-19-17-27(20(2)43-19)31-32(34(38,39)35(40,41)33(31,36)37)28-18-30(44-21(28)3)25(22-9-5-4-6-10-22)14-15-26-24-12-8-7-11-23(24)13-16-29(26)42/h4-18H,1-3H3/b25-14+,26-15-. The SMILES string of the molecule is Cc1cc(C2=C(c3cc(/C(=C/C=C4\C(=O)C=Cc5ccccc54)c4ccccc4)sc3C)C(F)(F)C(F)(F)C2(F)F)c(C)s1. The van der Waals surface area contributed by atoms with Crippen LogP contribution in [-0.2, 0) is 4.79 Å².